The summed E-state index contributed by atoms with van der Waals surface area (Å²) in [6, 6.07) is 0.240. The van der Waals surface area contributed by atoms with Crippen molar-refractivity contribution in [3.05, 3.63) is 0 Å². The summed E-state index contributed by atoms with van der Waals surface area (Å²) >= 11 is 1.82. The van der Waals surface area contributed by atoms with E-state index >= 15 is 0 Å². The predicted molar refractivity (Wildman–Crippen MR) is 84.0 cm³/mol. The molecule has 2 aliphatic heterocycles. The van der Waals surface area contributed by atoms with Crippen LogP contribution in [0.2, 0.25) is 0 Å². The summed E-state index contributed by atoms with van der Waals surface area (Å²) in [5.41, 5.74) is -1.11. The highest BCUT2D eigenvalue weighted by Crippen LogP contribution is 2.27. The Bertz CT molecular complexity index is 322. The smallest absolute Gasteiger partial charge is 0.252 e. The number of amides is 1. The first-order chi connectivity index (χ1) is 9.49. The Morgan fingerprint density at radius 1 is 1.35 bits per heavy atom. The lowest BCUT2D eigenvalue weighted by atomic mass is 9.94. The van der Waals surface area contributed by atoms with Crippen molar-refractivity contribution >= 4 is 17.7 Å². The first kappa shape index (κ1) is 16.1. The highest BCUT2D eigenvalue weighted by Gasteiger charge is 2.38. The summed E-state index contributed by atoms with van der Waals surface area (Å²) in [6.45, 7) is 7.73. The second kappa shape index (κ2) is 7.14. The number of thioether (sulfide) groups is 1. The van der Waals surface area contributed by atoms with Gasteiger partial charge in [0.25, 0.3) is 5.91 Å². The largest absolute Gasteiger partial charge is 0.380 e. The minimum absolute atomic E-state index is 0.139. The fourth-order valence-corrected chi connectivity index (χ4v) is 4.20. The SMILES string of the molecule is CC(C)CN1CCC(NC(=O)C2(O)CCSCC2)CC1. The van der Waals surface area contributed by atoms with Gasteiger partial charge in [-0.1, -0.05) is 13.8 Å². The quantitative estimate of drug-likeness (QED) is 0.826. The van der Waals surface area contributed by atoms with E-state index in [1.54, 1.807) is 0 Å². The van der Waals surface area contributed by atoms with Gasteiger partial charge >= 0.3 is 0 Å². The van der Waals surface area contributed by atoms with Gasteiger partial charge in [-0.25, -0.2) is 0 Å². The second-order valence-electron chi connectivity index (χ2n) is 6.59. The van der Waals surface area contributed by atoms with Crippen molar-refractivity contribution in [2.45, 2.75) is 51.2 Å². The first-order valence-electron chi connectivity index (χ1n) is 7.83. The molecule has 1 amide bonds. The van der Waals surface area contributed by atoms with Crippen LogP contribution in [0.3, 0.4) is 0 Å². The highest BCUT2D eigenvalue weighted by atomic mass is 32.2. The van der Waals surface area contributed by atoms with E-state index in [1.807, 2.05) is 11.8 Å². The molecule has 0 atom stereocenters. The molecule has 0 radical (unpaired) electrons. The fraction of sp³-hybridized carbons (Fsp3) is 0.933. The van der Waals surface area contributed by atoms with Crippen molar-refractivity contribution in [3.63, 3.8) is 0 Å². The van der Waals surface area contributed by atoms with Crippen LogP contribution in [-0.4, -0.2) is 58.7 Å². The molecule has 5 heteroatoms. The molecular weight excluding hydrogens is 272 g/mol. The Labute approximate surface area is 126 Å². The van der Waals surface area contributed by atoms with E-state index in [2.05, 4.69) is 24.1 Å². The molecule has 0 bridgehead atoms. The lowest BCUT2D eigenvalue weighted by molar-refractivity contribution is -0.141. The average Bonchev–Trinajstić information content (AvgIpc) is 2.41. The van der Waals surface area contributed by atoms with Crippen molar-refractivity contribution in [1.82, 2.24) is 10.2 Å². The van der Waals surface area contributed by atoms with E-state index in [1.165, 1.54) is 0 Å². The normalized spacial score (nSPS) is 24.8. The van der Waals surface area contributed by atoms with Gasteiger partial charge in [0.2, 0.25) is 0 Å². The Morgan fingerprint density at radius 3 is 2.50 bits per heavy atom. The third-order valence-corrected chi connectivity index (χ3v) is 5.27. The zero-order valence-electron chi connectivity index (χ0n) is 12.7. The van der Waals surface area contributed by atoms with Gasteiger partial charge in [-0.2, -0.15) is 11.8 Å². The summed E-state index contributed by atoms with van der Waals surface area (Å²) < 4.78 is 0. The lowest BCUT2D eigenvalue weighted by Crippen LogP contribution is -2.54. The maximum Gasteiger partial charge on any atom is 0.252 e. The van der Waals surface area contributed by atoms with Crippen LogP contribution in [0, 0.1) is 5.92 Å². The first-order valence-corrected chi connectivity index (χ1v) is 8.98. The Balaban J connectivity index is 1.76. The molecule has 116 valence electrons. The molecule has 2 fully saturated rings. The van der Waals surface area contributed by atoms with Crippen LogP contribution >= 0.6 is 11.8 Å². The van der Waals surface area contributed by atoms with Gasteiger partial charge in [-0.05, 0) is 43.1 Å². The van der Waals surface area contributed by atoms with Gasteiger partial charge < -0.3 is 15.3 Å². The van der Waals surface area contributed by atoms with Crippen molar-refractivity contribution < 1.29 is 9.90 Å². The summed E-state index contributed by atoms with van der Waals surface area (Å²) in [6.07, 6.45) is 3.19. The van der Waals surface area contributed by atoms with E-state index in [0.29, 0.717) is 18.8 Å². The third kappa shape index (κ3) is 4.37. The summed E-state index contributed by atoms with van der Waals surface area (Å²) in [5.74, 6) is 2.33. The van der Waals surface area contributed by atoms with Gasteiger partial charge in [-0.3, -0.25) is 4.79 Å². The lowest BCUT2D eigenvalue weighted by Gasteiger charge is -2.36. The monoisotopic (exact) mass is 300 g/mol. The molecule has 0 aromatic carbocycles. The topological polar surface area (TPSA) is 52.6 Å². The third-order valence-electron chi connectivity index (χ3n) is 4.29. The minimum Gasteiger partial charge on any atom is -0.380 e. The molecule has 0 spiro atoms. The maximum atomic E-state index is 12.3. The van der Waals surface area contributed by atoms with E-state index in [0.717, 1.165) is 44.0 Å². The van der Waals surface area contributed by atoms with E-state index < -0.39 is 5.60 Å². The van der Waals surface area contributed by atoms with Crippen LogP contribution in [0.4, 0.5) is 0 Å². The van der Waals surface area contributed by atoms with Crippen LogP contribution in [0.5, 0.6) is 0 Å². The second-order valence-corrected chi connectivity index (χ2v) is 7.81. The molecule has 2 rings (SSSR count). The molecule has 20 heavy (non-hydrogen) atoms. The van der Waals surface area contributed by atoms with E-state index in [-0.39, 0.29) is 11.9 Å². The van der Waals surface area contributed by atoms with Crippen molar-refractivity contribution in [2.24, 2.45) is 5.92 Å². The molecule has 2 aliphatic rings. The standard InChI is InChI=1S/C15H28N2O2S/c1-12(2)11-17-7-3-13(4-8-17)16-14(18)15(19)5-9-20-10-6-15/h12-13,19H,3-11H2,1-2H3,(H,16,18). The van der Waals surface area contributed by atoms with Gasteiger partial charge in [-0.15, -0.1) is 0 Å². The summed E-state index contributed by atoms with van der Waals surface area (Å²) in [7, 11) is 0. The molecule has 4 nitrogen and oxygen atoms in total. The maximum absolute atomic E-state index is 12.3. The number of hydrogen-bond donors (Lipinski definition) is 2. The number of piperidine rings is 1. The number of nitrogens with zero attached hydrogens (tertiary/aromatic N) is 1. The van der Waals surface area contributed by atoms with Crippen LogP contribution in [0.15, 0.2) is 0 Å². The zero-order chi connectivity index (χ0) is 14.6. The van der Waals surface area contributed by atoms with Gasteiger partial charge in [0.05, 0.1) is 0 Å². The van der Waals surface area contributed by atoms with E-state index in [4.69, 9.17) is 0 Å². The number of likely N-dealkylation sites (tertiary alicyclic amines) is 1. The highest BCUT2D eigenvalue weighted by molar-refractivity contribution is 7.99. The predicted octanol–water partition coefficient (Wildman–Crippen LogP) is 1.48. The molecule has 2 saturated heterocycles. The van der Waals surface area contributed by atoms with Crippen LogP contribution in [0.25, 0.3) is 0 Å². The van der Waals surface area contributed by atoms with E-state index in [9.17, 15) is 9.90 Å². The summed E-state index contributed by atoms with van der Waals surface area (Å²) in [4.78, 5) is 14.7. The number of rotatable bonds is 4. The summed E-state index contributed by atoms with van der Waals surface area (Å²) in [5, 5.41) is 13.5. The Kier molecular flexibility index (Phi) is 5.75. The van der Waals surface area contributed by atoms with Crippen LogP contribution < -0.4 is 5.32 Å². The fourth-order valence-electron chi connectivity index (χ4n) is 3.03. The molecule has 0 saturated carbocycles. The van der Waals surface area contributed by atoms with Crippen molar-refractivity contribution in [1.29, 1.82) is 0 Å². The average molecular weight is 300 g/mol. The van der Waals surface area contributed by atoms with Crippen LogP contribution in [-0.2, 0) is 4.79 Å². The van der Waals surface area contributed by atoms with Crippen LogP contribution in [0.1, 0.15) is 39.5 Å². The van der Waals surface area contributed by atoms with Gasteiger partial charge in [0.15, 0.2) is 0 Å². The Morgan fingerprint density at radius 2 is 1.95 bits per heavy atom. The molecule has 0 aromatic rings. The number of nitrogens with one attached hydrogen (secondary N) is 1. The van der Waals surface area contributed by atoms with Gasteiger partial charge in [0.1, 0.15) is 5.60 Å². The number of hydrogen-bond acceptors (Lipinski definition) is 4. The van der Waals surface area contributed by atoms with Crippen molar-refractivity contribution in [2.75, 3.05) is 31.1 Å². The number of carbonyl (C=O) groups is 1. The molecule has 0 aliphatic carbocycles. The Hall–Kier alpha value is -0.260. The van der Waals surface area contributed by atoms with Gasteiger partial charge in [0, 0.05) is 25.7 Å². The minimum atomic E-state index is -1.11. The number of carbonyl (C=O) groups excluding carboxylic acids is 1. The molecule has 2 N–H and O–H groups in total. The molecular formula is C15H28N2O2S. The zero-order valence-corrected chi connectivity index (χ0v) is 13.5. The molecule has 0 aromatic heterocycles. The van der Waals surface area contributed by atoms with Crippen molar-refractivity contribution in [3.8, 4) is 0 Å². The molecule has 2 heterocycles. The number of aliphatic hydroxyl groups is 1. The molecule has 0 unspecified atom stereocenters.